The molecule has 2 nitrogen and oxygen atoms in total. The van der Waals surface area contributed by atoms with Gasteiger partial charge in [0.15, 0.2) is 0 Å². The Balaban J connectivity index is 1.67. The van der Waals surface area contributed by atoms with Gasteiger partial charge in [-0.1, -0.05) is 6.07 Å². The monoisotopic (exact) mass is 295 g/mol. The van der Waals surface area contributed by atoms with Crippen molar-refractivity contribution in [2.45, 2.75) is 32.9 Å². The second-order valence-corrected chi connectivity index (χ2v) is 6.67. The quantitative estimate of drug-likeness (QED) is 0.730. The number of ether oxygens (including phenoxy) is 1. The Hall–Kier alpha value is -0.680. The van der Waals surface area contributed by atoms with Crippen LogP contribution >= 0.6 is 22.7 Å². The molecule has 0 atom stereocenters. The summed E-state index contributed by atoms with van der Waals surface area (Å²) >= 11 is 3.63. The molecule has 0 radical (unpaired) electrons. The molecule has 0 bridgehead atoms. The molecule has 0 aliphatic carbocycles. The Kier molecular flexibility index (Phi) is 6.04. The van der Waals surface area contributed by atoms with Crippen LogP contribution in [0.25, 0.3) is 10.4 Å². The molecule has 104 valence electrons. The lowest BCUT2D eigenvalue weighted by Gasteiger charge is -2.07. The van der Waals surface area contributed by atoms with Crippen LogP contribution in [-0.4, -0.2) is 19.3 Å². The van der Waals surface area contributed by atoms with Crippen LogP contribution < -0.4 is 5.32 Å². The molecule has 2 aromatic heterocycles. The summed E-state index contributed by atoms with van der Waals surface area (Å²) < 4.78 is 5.51. The van der Waals surface area contributed by atoms with Crippen molar-refractivity contribution < 1.29 is 4.74 Å². The Morgan fingerprint density at radius 2 is 2.21 bits per heavy atom. The van der Waals surface area contributed by atoms with Crippen molar-refractivity contribution in [2.75, 3.05) is 13.2 Å². The van der Waals surface area contributed by atoms with E-state index in [0.29, 0.717) is 6.10 Å². The van der Waals surface area contributed by atoms with Crippen molar-refractivity contribution in [1.82, 2.24) is 5.32 Å². The highest BCUT2D eigenvalue weighted by atomic mass is 32.1. The van der Waals surface area contributed by atoms with E-state index >= 15 is 0 Å². The average Bonchev–Trinajstić information content (AvgIpc) is 3.03. The molecule has 2 heterocycles. The summed E-state index contributed by atoms with van der Waals surface area (Å²) in [5.41, 5.74) is 1.35. The maximum absolute atomic E-state index is 5.51. The molecule has 4 heteroatoms. The summed E-state index contributed by atoms with van der Waals surface area (Å²) in [5, 5.41) is 7.83. The zero-order valence-electron chi connectivity index (χ0n) is 11.5. The minimum absolute atomic E-state index is 0.339. The molecule has 0 unspecified atom stereocenters. The van der Waals surface area contributed by atoms with Crippen molar-refractivity contribution in [3.63, 3.8) is 0 Å². The SMILES string of the molecule is CC(C)OCCCNCc1cc(-c2cccs2)cs1. The van der Waals surface area contributed by atoms with Crippen LogP contribution in [0.1, 0.15) is 25.1 Å². The fourth-order valence-corrected chi connectivity index (χ4v) is 3.42. The van der Waals surface area contributed by atoms with Gasteiger partial charge in [-0.15, -0.1) is 22.7 Å². The van der Waals surface area contributed by atoms with Crippen LogP contribution in [0.5, 0.6) is 0 Å². The van der Waals surface area contributed by atoms with Gasteiger partial charge in [-0.25, -0.2) is 0 Å². The molecule has 0 amide bonds. The number of hydrogen-bond acceptors (Lipinski definition) is 4. The van der Waals surface area contributed by atoms with Gasteiger partial charge in [0.05, 0.1) is 6.10 Å². The topological polar surface area (TPSA) is 21.3 Å². The third-order valence-corrected chi connectivity index (χ3v) is 4.56. The summed E-state index contributed by atoms with van der Waals surface area (Å²) in [7, 11) is 0. The molecule has 0 saturated heterocycles. The maximum Gasteiger partial charge on any atom is 0.0518 e. The first kappa shape index (κ1) is 14.7. The second kappa shape index (κ2) is 7.80. The van der Waals surface area contributed by atoms with E-state index in [4.69, 9.17) is 4.74 Å². The summed E-state index contributed by atoms with van der Waals surface area (Å²) in [4.78, 5) is 2.75. The lowest BCUT2D eigenvalue weighted by atomic mass is 10.2. The van der Waals surface area contributed by atoms with E-state index in [1.54, 1.807) is 11.3 Å². The van der Waals surface area contributed by atoms with Crippen molar-refractivity contribution in [3.05, 3.63) is 33.8 Å². The summed E-state index contributed by atoms with van der Waals surface area (Å²) in [6.07, 6.45) is 1.41. The molecule has 2 rings (SSSR count). The minimum atomic E-state index is 0.339. The number of hydrogen-bond donors (Lipinski definition) is 1. The Morgan fingerprint density at radius 1 is 1.32 bits per heavy atom. The third-order valence-electron chi connectivity index (χ3n) is 2.71. The minimum Gasteiger partial charge on any atom is -0.379 e. The standard InChI is InChI=1S/C15H21NOS2/c1-12(2)17-7-4-6-16-10-14-9-13(11-19-14)15-5-3-8-18-15/h3,5,8-9,11-12,16H,4,6-7,10H2,1-2H3. The highest BCUT2D eigenvalue weighted by Crippen LogP contribution is 2.29. The fraction of sp³-hybridized carbons (Fsp3) is 0.467. The number of nitrogens with one attached hydrogen (secondary N) is 1. The molecule has 0 aliphatic rings. The summed E-state index contributed by atoms with van der Waals surface area (Å²) in [6.45, 7) is 6.96. The predicted molar refractivity (Wildman–Crippen MR) is 85.0 cm³/mol. The lowest BCUT2D eigenvalue weighted by Crippen LogP contribution is -2.16. The Bertz CT molecular complexity index is 462. The van der Waals surface area contributed by atoms with Gasteiger partial charge in [-0.3, -0.25) is 0 Å². The number of rotatable bonds is 8. The molecule has 0 spiro atoms. The van der Waals surface area contributed by atoms with Crippen LogP contribution in [-0.2, 0) is 11.3 Å². The Labute approximate surface area is 123 Å². The van der Waals surface area contributed by atoms with Gasteiger partial charge < -0.3 is 10.1 Å². The largest absolute Gasteiger partial charge is 0.379 e. The van der Waals surface area contributed by atoms with Crippen molar-refractivity contribution in [1.29, 1.82) is 0 Å². The predicted octanol–water partition coefficient (Wildman–Crippen LogP) is 4.38. The Morgan fingerprint density at radius 3 is 2.95 bits per heavy atom. The highest BCUT2D eigenvalue weighted by molar-refractivity contribution is 7.14. The summed E-state index contributed by atoms with van der Waals surface area (Å²) in [5.74, 6) is 0. The maximum atomic E-state index is 5.51. The van der Waals surface area contributed by atoms with E-state index in [1.807, 2.05) is 11.3 Å². The summed E-state index contributed by atoms with van der Waals surface area (Å²) in [6, 6.07) is 6.56. The normalized spacial score (nSPS) is 11.3. The first-order chi connectivity index (χ1) is 9.25. The van der Waals surface area contributed by atoms with Gasteiger partial charge in [-0.05, 0) is 49.7 Å². The smallest absolute Gasteiger partial charge is 0.0518 e. The molecule has 0 aromatic carbocycles. The van der Waals surface area contributed by atoms with E-state index < -0.39 is 0 Å². The first-order valence-corrected chi connectivity index (χ1v) is 8.45. The van der Waals surface area contributed by atoms with Gasteiger partial charge in [-0.2, -0.15) is 0 Å². The van der Waals surface area contributed by atoms with E-state index in [1.165, 1.54) is 15.3 Å². The van der Waals surface area contributed by atoms with Crippen LogP contribution in [0.2, 0.25) is 0 Å². The molecular formula is C15H21NOS2. The van der Waals surface area contributed by atoms with Gasteiger partial charge in [0.2, 0.25) is 0 Å². The average molecular weight is 295 g/mol. The molecule has 0 aliphatic heterocycles. The lowest BCUT2D eigenvalue weighted by molar-refractivity contribution is 0.0770. The van der Waals surface area contributed by atoms with Gasteiger partial charge >= 0.3 is 0 Å². The van der Waals surface area contributed by atoms with Crippen LogP contribution in [0.3, 0.4) is 0 Å². The molecule has 0 saturated carbocycles. The zero-order chi connectivity index (χ0) is 13.5. The van der Waals surface area contributed by atoms with E-state index in [-0.39, 0.29) is 0 Å². The van der Waals surface area contributed by atoms with Crippen molar-refractivity contribution >= 4 is 22.7 Å². The van der Waals surface area contributed by atoms with Gasteiger partial charge in [0.25, 0.3) is 0 Å². The van der Waals surface area contributed by atoms with Crippen LogP contribution in [0, 0.1) is 0 Å². The van der Waals surface area contributed by atoms with E-state index in [0.717, 1.165) is 26.1 Å². The molecule has 19 heavy (non-hydrogen) atoms. The van der Waals surface area contributed by atoms with Crippen molar-refractivity contribution in [3.8, 4) is 10.4 Å². The highest BCUT2D eigenvalue weighted by Gasteiger charge is 2.03. The van der Waals surface area contributed by atoms with Gasteiger partial charge in [0, 0.05) is 28.5 Å². The molecule has 0 fully saturated rings. The van der Waals surface area contributed by atoms with E-state index in [9.17, 15) is 0 Å². The molecule has 1 N–H and O–H groups in total. The van der Waals surface area contributed by atoms with Crippen LogP contribution in [0.4, 0.5) is 0 Å². The van der Waals surface area contributed by atoms with E-state index in [2.05, 4.69) is 48.1 Å². The molecule has 2 aromatic rings. The van der Waals surface area contributed by atoms with Crippen molar-refractivity contribution in [2.24, 2.45) is 0 Å². The van der Waals surface area contributed by atoms with Crippen LogP contribution in [0.15, 0.2) is 29.0 Å². The first-order valence-electron chi connectivity index (χ1n) is 6.69. The zero-order valence-corrected chi connectivity index (χ0v) is 13.2. The van der Waals surface area contributed by atoms with Gasteiger partial charge in [0.1, 0.15) is 0 Å². The number of thiophene rings is 2. The second-order valence-electron chi connectivity index (χ2n) is 4.73. The third kappa shape index (κ3) is 5.07. The fourth-order valence-electron chi connectivity index (χ4n) is 1.77. The molecular weight excluding hydrogens is 274 g/mol.